The fourth-order valence-corrected chi connectivity index (χ4v) is 3.21. The third-order valence-corrected chi connectivity index (χ3v) is 4.43. The maximum Gasteiger partial charge on any atom is 0.315 e. The number of piperidine rings is 1. The predicted octanol–water partition coefficient (Wildman–Crippen LogP) is 2.56. The van der Waals surface area contributed by atoms with E-state index in [-0.39, 0.29) is 30.5 Å². The van der Waals surface area contributed by atoms with E-state index in [4.69, 9.17) is 5.11 Å². The van der Waals surface area contributed by atoms with Crippen molar-refractivity contribution in [2.45, 2.75) is 51.6 Å². The van der Waals surface area contributed by atoms with Crippen molar-refractivity contribution in [1.29, 1.82) is 0 Å². The molecule has 3 N–H and O–H groups in total. The highest BCUT2D eigenvalue weighted by Crippen LogP contribution is 2.24. The Morgan fingerprint density at radius 3 is 3.00 bits per heavy atom. The van der Waals surface area contributed by atoms with Crippen molar-refractivity contribution >= 4 is 11.7 Å². The van der Waals surface area contributed by atoms with E-state index < -0.39 is 0 Å². The molecule has 1 aromatic rings. The molecule has 1 aliphatic heterocycles. The van der Waals surface area contributed by atoms with Gasteiger partial charge in [-0.3, -0.25) is 0 Å². The molecule has 0 unspecified atom stereocenters. The molecule has 0 aliphatic carbocycles. The number of carbonyl (C=O) groups is 1. The van der Waals surface area contributed by atoms with E-state index in [2.05, 4.69) is 15.5 Å². The van der Waals surface area contributed by atoms with Gasteiger partial charge in [0, 0.05) is 37.5 Å². The molecule has 5 nitrogen and oxygen atoms in total. The molecule has 134 valence electrons. The highest BCUT2D eigenvalue weighted by atomic mass is 19.1. The van der Waals surface area contributed by atoms with Gasteiger partial charge in [-0.15, -0.1) is 0 Å². The van der Waals surface area contributed by atoms with Gasteiger partial charge in [0.15, 0.2) is 0 Å². The molecule has 0 saturated carbocycles. The number of aliphatic hydroxyl groups excluding tert-OH is 1. The zero-order valence-electron chi connectivity index (χ0n) is 14.5. The van der Waals surface area contributed by atoms with Crippen LogP contribution in [0, 0.1) is 12.7 Å². The minimum Gasteiger partial charge on any atom is -0.396 e. The molecule has 1 aliphatic rings. The maximum atomic E-state index is 13.3. The predicted molar refractivity (Wildman–Crippen MR) is 93.8 cm³/mol. The van der Waals surface area contributed by atoms with Crippen LogP contribution in [0.3, 0.4) is 0 Å². The summed E-state index contributed by atoms with van der Waals surface area (Å²) in [5.74, 6) is -0.223. The number of nitrogens with one attached hydrogen (secondary N) is 2. The van der Waals surface area contributed by atoms with Crippen LogP contribution < -0.4 is 15.5 Å². The zero-order chi connectivity index (χ0) is 17.5. The van der Waals surface area contributed by atoms with E-state index >= 15 is 0 Å². The molecule has 2 amide bonds. The highest BCUT2D eigenvalue weighted by Gasteiger charge is 2.23. The lowest BCUT2D eigenvalue weighted by Crippen LogP contribution is -2.52. The van der Waals surface area contributed by atoms with Crippen molar-refractivity contribution < 1.29 is 14.3 Å². The molecule has 1 fully saturated rings. The Hall–Kier alpha value is -1.82. The van der Waals surface area contributed by atoms with E-state index in [9.17, 15) is 9.18 Å². The van der Waals surface area contributed by atoms with Crippen LogP contribution in [0.5, 0.6) is 0 Å². The topological polar surface area (TPSA) is 64.6 Å². The normalized spacial score (nSPS) is 19.0. The lowest BCUT2D eigenvalue weighted by Gasteiger charge is -2.35. The van der Waals surface area contributed by atoms with E-state index in [1.54, 1.807) is 6.07 Å². The molecular weight excluding hydrogens is 309 g/mol. The Morgan fingerprint density at radius 2 is 2.29 bits per heavy atom. The van der Waals surface area contributed by atoms with Crippen molar-refractivity contribution in [1.82, 2.24) is 10.6 Å². The fraction of sp³-hybridized carbons (Fsp3) is 0.611. The number of anilines is 1. The summed E-state index contributed by atoms with van der Waals surface area (Å²) >= 11 is 0. The molecule has 0 spiro atoms. The van der Waals surface area contributed by atoms with Crippen LogP contribution in [0.4, 0.5) is 14.9 Å². The third kappa shape index (κ3) is 5.37. The van der Waals surface area contributed by atoms with Crippen LogP contribution in [-0.4, -0.2) is 42.9 Å². The van der Waals surface area contributed by atoms with Gasteiger partial charge in [0.05, 0.1) is 0 Å². The van der Waals surface area contributed by atoms with Gasteiger partial charge in [-0.2, -0.15) is 0 Å². The molecule has 0 bridgehead atoms. The standard InChI is InChI=1S/C18H28FN3O2/c1-13-11-15(19)7-8-17(13)22-9-3-6-16(12-22)21-18(24)20-14(2)5-4-10-23/h7-8,11,14,16,23H,3-6,9-10,12H2,1-2H3,(H2,20,21,24)/t14-,16+/m1/s1. The Balaban J connectivity index is 1.87. The van der Waals surface area contributed by atoms with Crippen molar-refractivity contribution in [2.24, 2.45) is 0 Å². The maximum absolute atomic E-state index is 13.3. The Kier molecular flexibility index (Phi) is 6.85. The highest BCUT2D eigenvalue weighted by molar-refractivity contribution is 5.74. The number of urea groups is 1. The van der Waals surface area contributed by atoms with Crippen LogP contribution in [0.15, 0.2) is 18.2 Å². The molecule has 24 heavy (non-hydrogen) atoms. The number of benzene rings is 1. The summed E-state index contributed by atoms with van der Waals surface area (Å²) in [6, 6.07) is 4.79. The average molecular weight is 337 g/mol. The largest absolute Gasteiger partial charge is 0.396 e. The quantitative estimate of drug-likeness (QED) is 0.747. The first kappa shape index (κ1) is 18.5. The smallest absolute Gasteiger partial charge is 0.315 e. The molecule has 2 atom stereocenters. The van der Waals surface area contributed by atoms with E-state index in [0.717, 1.165) is 43.6 Å². The van der Waals surface area contributed by atoms with Gasteiger partial charge in [0.1, 0.15) is 5.82 Å². The second-order valence-electron chi connectivity index (χ2n) is 6.60. The van der Waals surface area contributed by atoms with Crippen molar-refractivity contribution in [3.63, 3.8) is 0 Å². The van der Waals surface area contributed by atoms with Crippen molar-refractivity contribution in [2.75, 3.05) is 24.6 Å². The van der Waals surface area contributed by atoms with Gasteiger partial charge in [0.2, 0.25) is 0 Å². The number of halogens is 1. The number of amides is 2. The minimum atomic E-state index is -0.223. The molecule has 1 heterocycles. The second-order valence-corrected chi connectivity index (χ2v) is 6.60. The van der Waals surface area contributed by atoms with Gasteiger partial charge in [-0.05, 0) is 63.3 Å². The number of aliphatic hydroxyl groups is 1. The number of rotatable bonds is 6. The van der Waals surface area contributed by atoms with Crippen LogP contribution >= 0.6 is 0 Å². The zero-order valence-corrected chi connectivity index (χ0v) is 14.5. The molecular formula is C18H28FN3O2. The summed E-state index contributed by atoms with van der Waals surface area (Å²) < 4.78 is 13.3. The van der Waals surface area contributed by atoms with Gasteiger partial charge >= 0.3 is 6.03 Å². The first-order valence-electron chi connectivity index (χ1n) is 8.68. The van der Waals surface area contributed by atoms with E-state index in [0.29, 0.717) is 6.42 Å². The SMILES string of the molecule is Cc1cc(F)ccc1N1CCC[C@H](NC(=O)N[C@H](C)CCCO)C1. The fourth-order valence-electron chi connectivity index (χ4n) is 3.21. The molecule has 6 heteroatoms. The Morgan fingerprint density at radius 1 is 1.50 bits per heavy atom. The first-order chi connectivity index (χ1) is 11.5. The number of nitrogens with zero attached hydrogens (tertiary/aromatic N) is 1. The molecule has 2 rings (SSSR count). The lowest BCUT2D eigenvalue weighted by molar-refractivity contribution is 0.229. The number of hydrogen-bond donors (Lipinski definition) is 3. The van der Waals surface area contributed by atoms with Crippen LogP contribution in [-0.2, 0) is 0 Å². The van der Waals surface area contributed by atoms with Gasteiger partial charge in [0.25, 0.3) is 0 Å². The Bertz CT molecular complexity index is 553. The summed E-state index contributed by atoms with van der Waals surface area (Å²) in [6.45, 7) is 5.63. The number of hydrogen-bond acceptors (Lipinski definition) is 3. The third-order valence-electron chi connectivity index (χ3n) is 4.43. The van der Waals surface area contributed by atoms with Gasteiger partial charge in [-0.1, -0.05) is 0 Å². The summed E-state index contributed by atoms with van der Waals surface area (Å²) in [7, 11) is 0. The summed E-state index contributed by atoms with van der Waals surface area (Å²) in [6.07, 6.45) is 3.37. The van der Waals surface area contributed by atoms with Crippen LogP contribution in [0.25, 0.3) is 0 Å². The van der Waals surface area contributed by atoms with Crippen molar-refractivity contribution in [3.05, 3.63) is 29.6 Å². The molecule has 0 radical (unpaired) electrons. The second kappa shape index (κ2) is 8.87. The van der Waals surface area contributed by atoms with Gasteiger partial charge < -0.3 is 20.6 Å². The summed E-state index contributed by atoms with van der Waals surface area (Å²) in [5.41, 5.74) is 1.94. The number of aryl methyl sites for hydroxylation is 1. The first-order valence-corrected chi connectivity index (χ1v) is 8.68. The van der Waals surface area contributed by atoms with E-state index in [1.165, 1.54) is 6.07 Å². The van der Waals surface area contributed by atoms with Crippen molar-refractivity contribution in [3.8, 4) is 0 Å². The number of carbonyl (C=O) groups excluding carboxylic acids is 1. The summed E-state index contributed by atoms with van der Waals surface area (Å²) in [5, 5.41) is 14.8. The monoisotopic (exact) mass is 337 g/mol. The minimum absolute atomic E-state index is 0.0381. The van der Waals surface area contributed by atoms with Crippen LogP contribution in [0.2, 0.25) is 0 Å². The lowest BCUT2D eigenvalue weighted by atomic mass is 10.0. The van der Waals surface area contributed by atoms with E-state index in [1.807, 2.05) is 19.9 Å². The molecule has 0 aromatic heterocycles. The Labute approximate surface area is 143 Å². The average Bonchev–Trinajstić information content (AvgIpc) is 2.53. The van der Waals surface area contributed by atoms with Crippen LogP contribution in [0.1, 0.15) is 38.2 Å². The van der Waals surface area contributed by atoms with Gasteiger partial charge in [-0.25, -0.2) is 9.18 Å². The molecule has 1 saturated heterocycles. The summed E-state index contributed by atoms with van der Waals surface area (Å²) in [4.78, 5) is 14.3. The molecule has 1 aromatic carbocycles.